The zero-order valence-corrected chi connectivity index (χ0v) is 15.3. The van der Waals surface area contributed by atoms with Crippen molar-refractivity contribution in [1.82, 2.24) is 19.9 Å². The second-order valence-corrected chi connectivity index (χ2v) is 7.35. The van der Waals surface area contributed by atoms with E-state index in [0.717, 1.165) is 16.7 Å². The van der Waals surface area contributed by atoms with Gasteiger partial charge < -0.3 is 15.0 Å². The number of aromatic nitrogens is 4. The largest absolute Gasteiger partial charge is 0.348 e. The van der Waals surface area contributed by atoms with Crippen molar-refractivity contribution in [3.05, 3.63) is 78.9 Å². The minimum atomic E-state index is -0.369. The Morgan fingerprint density at radius 1 is 1.04 bits per heavy atom. The van der Waals surface area contributed by atoms with Crippen LogP contribution in [0.25, 0.3) is 12.2 Å². The lowest BCUT2D eigenvalue weighted by Gasteiger charge is -2.16. The number of nitrogens with one attached hydrogen (secondary N) is 3. The van der Waals surface area contributed by atoms with Crippen LogP contribution < -0.4 is 27.3 Å². The van der Waals surface area contributed by atoms with Crippen LogP contribution in [-0.2, 0) is 5.41 Å². The number of benzene rings is 1. The Morgan fingerprint density at radius 3 is 2.31 bits per heavy atom. The van der Waals surface area contributed by atoms with Crippen molar-refractivity contribution >= 4 is 25.5 Å². The molecular weight excluding hydrogens is 327 g/mol. The molecule has 0 saturated carbocycles. The first-order chi connectivity index (χ1) is 12.2. The quantitative estimate of drug-likeness (QED) is 0.519. The van der Waals surface area contributed by atoms with Gasteiger partial charge in [0.15, 0.2) is 0 Å². The SMILES string of the molecule is Bc1cccc(/C=c2\[nH]c(=O)/c(=C/c3nc[nH]c3C(C)(C)C)[nH]c2=O)c1. The van der Waals surface area contributed by atoms with E-state index < -0.39 is 0 Å². The molecule has 0 radical (unpaired) electrons. The van der Waals surface area contributed by atoms with Gasteiger partial charge in [0, 0.05) is 11.1 Å². The van der Waals surface area contributed by atoms with Gasteiger partial charge in [-0.25, -0.2) is 4.98 Å². The summed E-state index contributed by atoms with van der Waals surface area (Å²) in [5.41, 5.74) is 2.58. The third kappa shape index (κ3) is 3.77. The Hall–Kier alpha value is -3.09. The highest BCUT2D eigenvalue weighted by Gasteiger charge is 2.19. The molecule has 3 aromatic rings. The molecule has 26 heavy (non-hydrogen) atoms. The Bertz CT molecular complexity index is 1180. The smallest absolute Gasteiger partial charge is 0.272 e. The fourth-order valence-corrected chi connectivity index (χ4v) is 2.77. The molecular formula is C19H21BN4O2. The molecule has 2 aromatic heterocycles. The normalized spacial score (nSPS) is 13.3. The van der Waals surface area contributed by atoms with E-state index in [1.807, 2.05) is 52.9 Å². The second-order valence-electron chi connectivity index (χ2n) is 7.35. The highest BCUT2D eigenvalue weighted by Crippen LogP contribution is 2.22. The minimum Gasteiger partial charge on any atom is -0.348 e. The van der Waals surface area contributed by atoms with Crippen molar-refractivity contribution in [3.63, 3.8) is 0 Å². The van der Waals surface area contributed by atoms with Gasteiger partial charge in [0.1, 0.15) is 18.5 Å². The summed E-state index contributed by atoms with van der Waals surface area (Å²) in [6, 6.07) is 7.70. The van der Waals surface area contributed by atoms with Gasteiger partial charge in [-0.15, -0.1) is 0 Å². The van der Waals surface area contributed by atoms with Crippen LogP contribution in [0.1, 0.15) is 37.7 Å². The van der Waals surface area contributed by atoms with Crippen LogP contribution in [0.15, 0.2) is 40.2 Å². The molecule has 0 atom stereocenters. The molecule has 0 aliphatic heterocycles. The number of hydrogen-bond donors (Lipinski definition) is 3. The molecule has 3 rings (SSSR count). The monoisotopic (exact) mass is 348 g/mol. The number of aromatic amines is 3. The first kappa shape index (κ1) is 17.7. The van der Waals surface area contributed by atoms with Crippen LogP contribution >= 0.6 is 0 Å². The maximum atomic E-state index is 12.4. The molecule has 0 spiro atoms. The fraction of sp³-hybridized carbons (Fsp3) is 0.211. The van der Waals surface area contributed by atoms with Crippen molar-refractivity contribution < 1.29 is 0 Å². The molecule has 0 bridgehead atoms. The summed E-state index contributed by atoms with van der Waals surface area (Å²) in [5, 5.41) is 0.393. The summed E-state index contributed by atoms with van der Waals surface area (Å²) in [6.07, 6.45) is 4.83. The molecule has 6 nitrogen and oxygen atoms in total. The third-order valence-electron chi connectivity index (χ3n) is 4.04. The van der Waals surface area contributed by atoms with E-state index in [2.05, 4.69) is 19.9 Å². The van der Waals surface area contributed by atoms with Gasteiger partial charge >= 0.3 is 0 Å². The Balaban J connectivity index is 2.14. The maximum absolute atomic E-state index is 12.4. The molecule has 0 unspecified atom stereocenters. The number of rotatable bonds is 2. The van der Waals surface area contributed by atoms with Gasteiger partial charge in [0.25, 0.3) is 11.1 Å². The molecule has 0 amide bonds. The molecule has 0 fully saturated rings. The predicted molar refractivity (Wildman–Crippen MR) is 106 cm³/mol. The van der Waals surface area contributed by atoms with E-state index in [-0.39, 0.29) is 27.2 Å². The standard InChI is InChI=1S/C19H21BN4O2/c1-19(2,3)16-13(21-10-22-16)9-15-18(26)23-14(17(25)24-15)8-11-5-4-6-12(20)7-11/h4-10H,20H2,1-3H3,(H,21,22)(H,23,26)(H,24,25)/b14-8-,15-9-. The highest BCUT2D eigenvalue weighted by molar-refractivity contribution is 6.32. The van der Waals surface area contributed by atoms with Crippen LogP contribution in [-0.4, -0.2) is 27.8 Å². The van der Waals surface area contributed by atoms with Crippen LogP contribution in [0.5, 0.6) is 0 Å². The first-order valence-electron chi connectivity index (χ1n) is 8.40. The predicted octanol–water partition coefficient (Wildman–Crippen LogP) is -1.00. The Labute approximate surface area is 151 Å². The van der Waals surface area contributed by atoms with Gasteiger partial charge in [-0.05, 0) is 17.7 Å². The molecule has 2 heterocycles. The van der Waals surface area contributed by atoms with Crippen molar-refractivity contribution in [2.75, 3.05) is 0 Å². The van der Waals surface area contributed by atoms with Crippen LogP contribution in [0.3, 0.4) is 0 Å². The van der Waals surface area contributed by atoms with E-state index in [1.54, 1.807) is 18.5 Å². The van der Waals surface area contributed by atoms with Crippen molar-refractivity contribution in [1.29, 1.82) is 0 Å². The van der Waals surface area contributed by atoms with Gasteiger partial charge in [-0.1, -0.05) is 50.5 Å². The summed E-state index contributed by atoms with van der Waals surface area (Å²) in [7, 11) is 1.97. The van der Waals surface area contributed by atoms with Crippen molar-refractivity contribution in [2.45, 2.75) is 26.2 Å². The fourth-order valence-electron chi connectivity index (χ4n) is 2.77. The number of nitrogens with zero attached hydrogens (tertiary/aromatic N) is 1. The summed E-state index contributed by atoms with van der Waals surface area (Å²) >= 11 is 0. The van der Waals surface area contributed by atoms with E-state index in [9.17, 15) is 9.59 Å². The first-order valence-corrected chi connectivity index (χ1v) is 8.40. The molecule has 0 aliphatic rings. The zero-order valence-electron chi connectivity index (χ0n) is 15.3. The summed E-state index contributed by atoms with van der Waals surface area (Å²) in [4.78, 5) is 37.5. The highest BCUT2D eigenvalue weighted by atomic mass is 16.1. The second kappa shape index (κ2) is 6.67. The lowest BCUT2D eigenvalue weighted by atomic mass is 9.90. The third-order valence-corrected chi connectivity index (χ3v) is 4.04. The molecule has 132 valence electrons. The molecule has 0 aliphatic carbocycles. The molecule has 1 aromatic carbocycles. The summed E-state index contributed by atoms with van der Waals surface area (Å²) in [6.45, 7) is 6.14. The van der Waals surface area contributed by atoms with Crippen molar-refractivity contribution in [3.8, 4) is 0 Å². The van der Waals surface area contributed by atoms with Gasteiger partial charge in [0.05, 0.1) is 12.0 Å². The molecule has 7 heteroatoms. The van der Waals surface area contributed by atoms with E-state index in [4.69, 9.17) is 0 Å². The summed E-state index contributed by atoms with van der Waals surface area (Å²) < 4.78 is 0. The van der Waals surface area contributed by atoms with Crippen molar-refractivity contribution in [2.24, 2.45) is 0 Å². The zero-order chi connectivity index (χ0) is 18.9. The minimum absolute atomic E-state index is 0.158. The van der Waals surface area contributed by atoms with Crippen LogP contribution in [0, 0.1) is 0 Å². The van der Waals surface area contributed by atoms with Gasteiger partial charge in [0.2, 0.25) is 0 Å². The Kier molecular flexibility index (Phi) is 4.55. The van der Waals surface area contributed by atoms with Crippen LogP contribution in [0.4, 0.5) is 0 Å². The lowest BCUT2D eigenvalue weighted by molar-refractivity contribution is 0.571. The number of hydrogen-bond acceptors (Lipinski definition) is 3. The molecule has 0 saturated heterocycles. The average molecular weight is 348 g/mol. The number of H-pyrrole nitrogens is 3. The topological polar surface area (TPSA) is 94.4 Å². The lowest BCUT2D eigenvalue weighted by Crippen LogP contribution is -2.46. The summed E-state index contributed by atoms with van der Waals surface area (Å²) in [5.74, 6) is 0. The van der Waals surface area contributed by atoms with Gasteiger partial charge in [-0.3, -0.25) is 9.59 Å². The Morgan fingerprint density at radius 2 is 1.69 bits per heavy atom. The maximum Gasteiger partial charge on any atom is 0.272 e. The van der Waals surface area contributed by atoms with E-state index >= 15 is 0 Å². The molecule has 3 N–H and O–H groups in total. The number of imidazole rings is 1. The van der Waals surface area contributed by atoms with Crippen LogP contribution in [0.2, 0.25) is 0 Å². The average Bonchev–Trinajstić information content (AvgIpc) is 3.01. The van der Waals surface area contributed by atoms with Gasteiger partial charge in [-0.2, -0.15) is 0 Å². The van der Waals surface area contributed by atoms with E-state index in [1.165, 1.54) is 0 Å². The van der Waals surface area contributed by atoms with E-state index in [0.29, 0.717) is 5.69 Å².